The molecule has 0 atom stereocenters. The first-order chi connectivity index (χ1) is 11.7. The van der Waals surface area contributed by atoms with Gasteiger partial charge >= 0.3 is 0 Å². The summed E-state index contributed by atoms with van der Waals surface area (Å²) in [6.07, 6.45) is 2.09. The van der Waals surface area contributed by atoms with Gasteiger partial charge in [-0.25, -0.2) is 0 Å². The van der Waals surface area contributed by atoms with Crippen molar-refractivity contribution in [2.45, 2.75) is 12.8 Å². The molecule has 24 heavy (non-hydrogen) atoms. The molecule has 0 saturated carbocycles. The van der Waals surface area contributed by atoms with Gasteiger partial charge in [0.15, 0.2) is 0 Å². The van der Waals surface area contributed by atoms with E-state index in [4.69, 9.17) is 5.26 Å². The van der Waals surface area contributed by atoms with Crippen LogP contribution in [-0.2, 0) is 0 Å². The van der Waals surface area contributed by atoms with Gasteiger partial charge in [-0.2, -0.15) is 5.26 Å². The number of anilines is 1. The van der Waals surface area contributed by atoms with Gasteiger partial charge in [0.1, 0.15) is 6.07 Å². The minimum absolute atomic E-state index is 0.00860. The highest BCUT2D eigenvalue weighted by Crippen LogP contribution is 2.17. The Morgan fingerprint density at radius 2 is 1.58 bits per heavy atom. The van der Waals surface area contributed by atoms with E-state index in [0.29, 0.717) is 22.4 Å². The summed E-state index contributed by atoms with van der Waals surface area (Å²) in [5.41, 5.74) is 1.92. The smallest absolute Gasteiger partial charge is 0.255 e. The predicted molar refractivity (Wildman–Crippen MR) is 90.7 cm³/mol. The summed E-state index contributed by atoms with van der Waals surface area (Å²) in [4.78, 5) is 26.4. The number of rotatable bonds is 3. The van der Waals surface area contributed by atoms with E-state index in [2.05, 4.69) is 5.32 Å². The van der Waals surface area contributed by atoms with Crippen molar-refractivity contribution in [1.82, 2.24) is 4.90 Å². The monoisotopic (exact) mass is 319 g/mol. The minimum atomic E-state index is -0.308. The number of para-hydroxylation sites is 1. The summed E-state index contributed by atoms with van der Waals surface area (Å²) >= 11 is 0. The highest BCUT2D eigenvalue weighted by Gasteiger charge is 2.19. The molecule has 1 aliphatic heterocycles. The molecule has 0 bridgehead atoms. The summed E-state index contributed by atoms with van der Waals surface area (Å²) < 4.78 is 0. The Kier molecular flexibility index (Phi) is 4.57. The molecule has 0 radical (unpaired) electrons. The van der Waals surface area contributed by atoms with Crippen LogP contribution < -0.4 is 5.32 Å². The van der Waals surface area contributed by atoms with Crippen LogP contribution in [0, 0.1) is 11.3 Å². The average Bonchev–Trinajstić information content (AvgIpc) is 3.16. The maximum atomic E-state index is 12.3. The Morgan fingerprint density at radius 3 is 2.25 bits per heavy atom. The molecule has 0 aliphatic carbocycles. The summed E-state index contributed by atoms with van der Waals surface area (Å²) in [5, 5.41) is 11.8. The predicted octanol–water partition coefficient (Wildman–Crippen LogP) is 3.05. The Hall–Kier alpha value is -3.13. The van der Waals surface area contributed by atoms with Gasteiger partial charge in [-0.1, -0.05) is 12.1 Å². The fourth-order valence-corrected chi connectivity index (χ4v) is 2.75. The molecular weight excluding hydrogens is 302 g/mol. The third kappa shape index (κ3) is 3.28. The number of carbonyl (C=O) groups is 2. The number of hydrogen-bond donors (Lipinski definition) is 1. The number of nitrogens with zero attached hydrogens (tertiary/aromatic N) is 2. The van der Waals surface area contributed by atoms with E-state index in [1.807, 2.05) is 11.0 Å². The van der Waals surface area contributed by atoms with Crippen LogP contribution in [0.15, 0.2) is 48.5 Å². The van der Waals surface area contributed by atoms with Gasteiger partial charge < -0.3 is 10.2 Å². The second-order valence-electron chi connectivity index (χ2n) is 5.69. The first-order valence-corrected chi connectivity index (χ1v) is 7.89. The zero-order chi connectivity index (χ0) is 16.9. The van der Waals surface area contributed by atoms with Crippen LogP contribution in [0.3, 0.4) is 0 Å². The van der Waals surface area contributed by atoms with Gasteiger partial charge in [0.2, 0.25) is 0 Å². The van der Waals surface area contributed by atoms with Crippen molar-refractivity contribution in [2.24, 2.45) is 0 Å². The molecule has 2 aromatic carbocycles. The van der Waals surface area contributed by atoms with E-state index in [0.717, 1.165) is 25.9 Å². The van der Waals surface area contributed by atoms with Gasteiger partial charge in [-0.3, -0.25) is 9.59 Å². The van der Waals surface area contributed by atoms with Crippen LogP contribution in [-0.4, -0.2) is 29.8 Å². The largest absolute Gasteiger partial charge is 0.339 e. The molecule has 5 nitrogen and oxygen atoms in total. The minimum Gasteiger partial charge on any atom is -0.339 e. The molecule has 0 aromatic heterocycles. The van der Waals surface area contributed by atoms with E-state index < -0.39 is 0 Å². The third-order valence-corrected chi connectivity index (χ3v) is 4.08. The number of amides is 2. The van der Waals surface area contributed by atoms with Crippen LogP contribution in [0.4, 0.5) is 5.69 Å². The molecular formula is C19H17N3O2. The van der Waals surface area contributed by atoms with Gasteiger partial charge in [0.25, 0.3) is 11.8 Å². The van der Waals surface area contributed by atoms with Gasteiger partial charge in [-0.05, 0) is 49.2 Å². The fourth-order valence-electron chi connectivity index (χ4n) is 2.75. The maximum absolute atomic E-state index is 12.3. The summed E-state index contributed by atoms with van der Waals surface area (Å²) in [7, 11) is 0. The normalized spacial score (nSPS) is 13.4. The van der Waals surface area contributed by atoms with Crippen molar-refractivity contribution in [2.75, 3.05) is 18.4 Å². The number of benzene rings is 2. The molecule has 2 aromatic rings. The Bertz CT molecular complexity index is 800. The van der Waals surface area contributed by atoms with Crippen LogP contribution in [0.5, 0.6) is 0 Å². The van der Waals surface area contributed by atoms with E-state index in [9.17, 15) is 9.59 Å². The van der Waals surface area contributed by atoms with Crippen molar-refractivity contribution in [1.29, 1.82) is 5.26 Å². The molecule has 1 fully saturated rings. The molecule has 2 amide bonds. The first kappa shape index (κ1) is 15.8. The Balaban J connectivity index is 1.72. The van der Waals surface area contributed by atoms with Gasteiger partial charge in [0, 0.05) is 24.2 Å². The Morgan fingerprint density at radius 1 is 0.958 bits per heavy atom. The quantitative estimate of drug-likeness (QED) is 0.945. The lowest BCUT2D eigenvalue weighted by atomic mass is 10.1. The topological polar surface area (TPSA) is 73.2 Å². The van der Waals surface area contributed by atoms with Crippen molar-refractivity contribution in [3.8, 4) is 6.07 Å². The zero-order valence-electron chi connectivity index (χ0n) is 13.2. The standard InChI is InChI=1S/C19H17N3O2/c20-13-16-5-1-2-6-17(16)21-18(23)14-7-9-15(10-8-14)19(24)22-11-3-4-12-22/h1-2,5-10H,3-4,11-12H2,(H,21,23). The van der Waals surface area contributed by atoms with Crippen molar-refractivity contribution in [3.05, 3.63) is 65.2 Å². The molecule has 120 valence electrons. The molecule has 1 saturated heterocycles. The number of nitriles is 1. The summed E-state index contributed by atoms with van der Waals surface area (Å²) in [6.45, 7) is 1.60. The highest BCUT2D eigenvalue weighted by atomic mass is 16.2. The van der Waals surface area contributed by atoms with E-state index in [1.165, 1.54) is 0 Å². The third-order valence-electron chi connectivity index (χ3n) is 4.08. The average molecular weight is 319 g/mol. The molecule has 5 heteroatoms. The molecule has 1 heterocycles. The van der Waals surface area contributed by atoms with E-state index >= 15 is 0 Å². The number of carbonyl (C=O) groups excluding carboxylic acids is 2. The number of nitrogens with one attached hydrogen (secondary N) is 1. The number of likely N-dealkylation sites (tertiary alicyclic amines) is 1. The molecule has 1 N–H and O–H groups in total. The lowest BCUT2D eigenvalue weighted by Crippen LogP contribution is -2.27. The second-order valence-corrected chi connectivity index (χ2v) is 5.69. The molecule has 0 spiro atoms. The molecule has 3 rings (SSSR count). The van der Waals surface area contributed by atoms with Crippen LogP contribution in [0.1, 0.15) is 39.1 Å². The Labute approximate surface area is 140 Å². The molecule has 1 aliphatic rings. The fraction of sp³-hybridized carbons (Fsp3) is 0.211. The summed E-state index contributed by atoms with van der Waals surface area (Å²) in [5.74, 6) is -0.299. The van der Waals surface area contributed by atoms with Gasteiger partial charge in [0.05, 0.1) is 11.3 Å². The SMILES string of the molecule is N#Cc1ccccc1NC(=O)c1ccc(C(=O)N2CCCC2)cc1. The van der Waals surface area contributed by atoms with Crippen LogP contribution in [0.25, 0.3) is 0 Å². The lowest BCUT2D eigenvalue weighted by molar-refractivity contribution is 0.0792. The maximum Gasteiger partial charge on any atom is 0.255 e. The highest BCUT2D eigenvalue weighted by molar-refractivity contribution is 6.05. The second kappa shape index (κ2) is 6.97. The van der Waals surface area contributed by atoms with E-state index in [1.54, 1.807) is 48.5 Å². The summed E-state index contributed by atoms with van der Waals surface area (Å²) in [6, 6.07) is 15.5. The van der Waals surface area contributed by atoms with Crippen LogP contribution in [0.2, 0.25) is 0 Å². The number of hydrogen-bond acceptors (Lipinski definition) is 3. The lowest BCUT2D eigenvalue weighted by Gasteiger charge is -2.15. The van der Waals surface area contributed by atoms with Crippen molar-refractivity contribution < 1.29 is 9.59 Å². The van der Waals surface area contributed by atoms with E-state index in [-0.39, 0.29) is 11.8 Å². The zero-order valence-corrected chi connectivity index (χ0v) is 13.2. The van der Waals surface area contributed by atoms with Crippen molar-refractivity contribution >= 4 is 17.5 Å². The van der Waals surface area contributed by atoms with Crippen molar-refractivity contribution in [3.63, 3.8) is 0 Å². The first-order valence-electron chi connectivity index (χ1n) is 7.89. The van der Waals surface area contributed by atoms with Crippen LogP contribution >= 0.6 is 0 Å². The van der Waals surface area contributed by atoms with Gasteiger partial charge in [-0.15, -0.1) is 0 Å². The molecule has 0 unspecified atom stereocenters.